The van der Waals surface area contributed by atoms with Crippen LogP contribution >= 0.6 is 11.3 Å². The van der Waals surface area contributed by atoms with Crippen LogP contribution in [0.2, 0.25) is 0 Å². The van der Waals surface area contributed by atoms with E-state index in [1.54, 1.807) is 0 Å². The molecular weight excluding hydrogens is 318 g/mol. The third kappa shape index (κ3) is 2.81. The monoisotopic (exact) mass is 333 g/mol. The molecule has 0 fully saturated rings. The third-order valence-corrected chi connectivity index (χ3v) is 4.72. The Kier molecular flexibility index (Phi) is 3.84. The standard InChI is InChI=1S/C19H15N3OS/c23-19(18-14(10-11-24-18)13-6-2-1-3-7-13)20-12-17-21-15-8-4-5-9-16(15)22-17/h1-11H,12H2,(H,20,23)(H,21,22). The summed E-state index contributed by atoms with van der Waals surface area (Å²) in [5, 5.41) is 4.89. The van der Waals surface area contributed by atoms with Gasteiger partial charge in [-0.3, -0.25) is 4.79 Å². The number of nitrogens with zero attached hydrogens (tertiary/aromatic N) is 1. The zero-order valence-corrected chi connectivity index (χ0v) is 13.6. The molecule has 2 aromatic heterocycles. The van der Waals surface area contributed by atoms with Crippen LogP contribution in [0.15, 0.2) is 66.0 Å². The summed E-state index contributed by atoms with van der Waals surface area (Å²) >= 11 is 1.45. The fourth-order valence-corrected chi connectivity index (χ4v) is 3.50. The van der Waals surface area contributed by atoms with E-state index in [1.165, 1.54) is 11.3 Å². The van der Waals surface area contributed by atoms with Gasteiger partial charge in [0, 0.05) is 5.56 Å². The summed E-state index contributed by atoms with van der Waals surface area (Å²) < 4.78 is 0. The van der Waals surface area contributed by atoms with Crippen LogP contribution in [0, 0.1) is 0 Å². The Morgan fingerprint density at radius 1 is 1.04 bits per heavy atom. The van der Waals surface area contributed by atoms with Crippen LogP contribution in [-0.2, 0) is 6.54 Å². The maximum Gasteiger partial charge on any atom is 0.262 e. The molecule has 0 aliphatic rings. The van der Waals surface area contributed by atoms with Crippen molar-refractivity contribution in [2.45, 2.75) is 6.54 Å². The Morgan fingerprint density at radius 3 is 2.67 bits per heavy atom. The second-order valence-corrected chi connectivity index (χ2v) is 6.33. The lowest BCUT2D eigenvalue weighted by atomic mass is 10.1. The summed E-state index contributed by atoms with van der Waals surface area (Å²) in [5.74, 6) is 0.673. The van der Waals surface area contributed by atoms with Gasteiger partial charge in [0.15, 0.2) is 0 Å². The van der Waals surface area contributed by atoms with Gasteiger partial charge in [-0.05, 0) is 29.1 Å². The van der Waals surface area contributed by atoms with Crippen molar-refractivity contribution in [3.05, 3.63) is 76.7 Å². The van der Waals surface area contributed by atoms with Crippen molar-refractivity contribution in [1.29, 1.82) is 0 Å². The van der Waals surface area contributed by atoms with Gasteiger partial charge in [0.1, 0.15) is 5.82 Å². The predicted molar refractivity (Wildman–Crippen MR) is 97.0 cm³/mol. The van der Waals surface area contributed by atoms with Crippen molar-refractivity contribution in [2.75, 3.05) is 0 Å². The van der Waals surface area contributed by atoms with Crippen molar-refractivity contribution < 1.29 is 4.79 Å². The lowest BCUT2D eigenvalue weighted by Crippen LogP contribution is -2.23. The highest BCUT2D eigenvalue weighted by atomic mass is 32.1. The molecule has 118 valence electrons. The lowest BCUT2D eigenvalue weighted by molar-refractivity contribution is 0.0954. The quantitative estimate of drug-likeness (QED) is 0.587. The topological polar surface area (TPSA) is 57.8 Å². The van der Waals surface area contributed by atoms with Gasteiger partial charge in [-0.15, -0.1) is 11.3 Å². The zero-order chi connectivity index (χ0) is 16.4. The first-order valence-electron chi connectivity index (χ1n) is 7.66. The molecule has 0 aliphatic heterocycles. The van der Waals surface area contributed by atoms with Gasteiger partial charge >= 0.3 is 0 Å². The molecule has 4 nitrogen and oxygen atoms in total. The van der Waals surface area contributed by atoms with E-state index in [4.69, 9.17) is 0 Å². The SMILES string of the molecule is O=C(NCc1nc2ccccc2[nH]1)c1sccc1-c1ccccc1. The van der Waals surface area contributed by atoms with Crippen LogP contribution in [0.25, 0.3) is 22.2 Å². The first kappa shape index (κ1) is 14.7. The summed E-state index contributed by atoms with van der Waals surface area (Å²) in [6.07, 6.45) is 0. The molecule has 0 bridgehead atoms. The second-order valence-electron chi connectivity index (χ2n) is 5.41. The number of thiophene rings is 1. The van der Waals surface area contributed by atoms with Crippen molar-refractivity contribution in [3.8, 4) is 11.1 Å². The molecule has 2 heterocycles. The number of carbonyl (C=O) groups excluding carboxylic acids is 1. The number of para-hydroxylation sites is 2. The summed E-state index contributed by atoms with van der Waals surface area (Å²) in [6.45, 7) is 0.375. The van der Waals surface area contributed by atoms with Crippen LogP contribution in [0.1, 0.15) is 15.5 Å². The molecule has 4 rings (SSSR count). The van der Waals surface area contributed by atoms with Crippen LogP contribution in [0.3, 0.4) is 0 Å². The largest absolute Gasteiger partial charge is 0.344 e. The Morgan fingerprint density at radius 2 is 1.83 bits per heavy atom. The Labute approximate surface area is 143 Å². The number of aromatic nitrogens is 2. The van der Waals surface area contributed by atoms with Crippen molar-refractivity contribution in [3.63, 3.8) is 0 Å². The number of hydrogen-bond acceptors (Lipinski definition) is 3. The van der Waals surface area contributed by atoms with E-state index in [-0.39, 0.29) is 5.91 Å². The smallest absolute Gasteiger partial charge is 0.262 e. The summed E-state index contributed by atoms with van der Waals surface area (Å²) in [7, 11) is 0. The van der Waals surface area contributed by atoms with Crippen LogP contribution in [0.5, 0.6) is 0 Å². The lowest BCUT2D eigenvalue weighted by Gasteiger charge is -2.05. The van der Waals surface area contributed by atoms with E-state index in [9.17, 15) is 4.79 Å². The van der Waals surface area contributed by atoms with Crippen LogP contribution in [-0.4, -0.2) is 15.9 Å². The van der Waals surface area contributed by atoms with Gasteiger partial charge in [-0.2, -0.15) is 0 Å². The van der Waals surface area contributed by atoms with E-state index in [2.05, 4.69) is 15.3 Å². The third-order valence-electron chi connectivity index (χ3n) is 3.81. The Bertz CT molecular complexity index is 955. The Balaban J connectivity index is 1.52. The Hall–Kier alpha value is -2.92. The number of imidazole rings is 1. The van der Waals surface area contributed by atoms with Crippen molar-refractivity contribution >= 4 is 28.3 Å². The van der Waals surface area contributed by atoms with Gasteiger partial charge in [-0.25, -0.2) is 4.98 Å². The minimum absolute atomic E-state index is 0.0793. The van der Waals surface area contributed by atoms with E-state index in [0.717, 1.165) is 32.9 Å². The van der Waals surface area contributed by atoms with Crippen molar-refractivity contribution in [1.82, 2.24) is 15.3 Å². The number of fused-ring (bicyclic) bond motifs is 1. The highest BCUT2D eigenvalue weighted by Gasteiger charge is 2.14. The molecule has 1 amide bonds. The maximum absolute atomic E-state index is 12.5. The fraction of sp³-hybridized carbons (Fsp3) is 0.0526. The van der Waals surface area contributed by atoms with E-state index >= 15 is 0 Å². The first-order valence-corrected chi connectivity index (χ1v) is 8.54. The number of nitrogens with one attached hydrogen (secondary N) is 2. The number of hydrogen-bond donors (Lipinski definition) is 2. The predicted octanol–water partition coefficient (Wildman–Crippen LogP) is 4.22. The maximum atomic E-state index is 12.5. The minimum Gasteiger partial charge on any atom is -0.344 e. The summed E-state index contributed by atoms with van der Waals surface area (Å²) in [4.78, 5) is 21.0. The zero-order valence-electron chi connectivity index (χ0n) is 12.8. The fourth-order valence-electron chi connectivity index (χ4n) is 2.66. The van der Waals surface area contributed by atoms with Crippen LogP contribution in [0.4, 0.5) is 0 Å². The molecule has 2 N–H and O–H groups in total. The average Bonchev–Trinajstić information content (AvgIpc) is 3.27. The molecule has 5 heteroatoms. The highest BCUT2D eigenvalue weighted by Crippen LogP contribution is 2.28. The van der Waals surface area contributed by atoms with Gasteiger partial charge < -0.3 is 10.3 Å². The number of amides is 1. The number of aromatic amines is 1. The van der Waals surface area contributed by atoms with Gasteiger partial charge in [0.25, 0.3) is 5.91 Å². The number of rotatable bonds is 4. The second kappa shape index (κ2) is 6.29. The number of benzene rings is 2. The van der Waals surface area contributed by atoms with Crippen LogP contribution < -0.4 is 5.32 Å². The van der Waals surface area contributed by atoms with Gasteiger partial charge in [0.2, 0.25) is 0 Å². The highest BCUT2D eigenvalue weighted by molar-refractivity contribution is 7.12. The van der Waals surface area contributed by atoms with Gasteiger partial charge in [-0.1, -0.05) is 42.5 Å². The normalized spacial score (nSPS) is 10.8. The molecule has 0 radical (unpaired) electrons. The van der Waals surface area contributed by atoms with Crippen molar-refractivity contribution in [2.24, 2.45) is 0 Å². The molecule has 0 atom stereocenters. The van der Waals surface area contributed by atoms with E-state index in [0.29, 0.717) is 6.54 Å². The minimum atomic E-state index is -0.0793. The molecule has 0 aliphatic carbocycles. The molecule has 4 aromatic rings. The average molecular weight is 333 g/mol. The molecule has 0 saturated carbocycles. The summed E-state index contributed by atoms with van der Waals surface area (Å²) in [5.41, 5.74) is 3.89. The molecule has 0 spiro atoms. The molecular formula is C19H15N3OS. The summed E-state index contributed by atoms with van der Waals surface area (Å²) in [6, 6.07) is 19.8. The first-order chi connectivity index (χ1) is 11.8. The molecule has 0 saturated heterocycles. The molecule has 2 aromatic carbocycles. The van der Waals surface area contributed by atoms with E-state index < -0.39 is 0 Å². The number of carbonyl (C=O) groups is 1. The molecule has 24 heavy (non-hydrogen) atoms. The van der Waals surface area contributed by atoms with E-state index in [1.807, 2.05) is 66.0 Å². The molecule has 0 unspecified atom stereocenters. The van der Waals surface area contributed by atoms with Gasteiger partial charge in [0.05, 0.1) is 22.5 Å². The number of H-pyrrole nitrogens is 1.